The van der Waals surface area contributed by atoms with Gasteiger partial charge in [0.2, 0.25) is 10.0 Å². The largest absolute Gasteiger partial charge is 0.351 e. The van der Waals surface area contributed by atoms with Gasteiger partial charge in [0.25, 0.3) is 5.91 Å². The molecule has 1 amide bonds. The summed E-state index contributed by atoms with van der Waals surface area (Å²) in [7, 11) is -3.40. The smallest absolute Gasteiger partial charge is 0.253 e. The minimum atomic E-state index is -3.40. The second-order valence-electron chi connectivity index (χ2n) is 4.56. The standard InChI is InChI=1S/C14H23N3O3S.ClH/c1-3-9-15-10-11-16-14(18)12-7-5-6-8-13(12)17-21(19,20)4-2;/h5-8,15,17H,3-4,9-11H2,1-2H3,(H,16,18);1H. The predicted molar refractivity (Wildman–Crippen MR) is 92.3 cm³/mol. The highest BCUT2D eigenvalue weighted by Crippen LogP contribution is 2.16. The molecule has 22 heavy (non-hydrogen) atoms. The topological polar surface area (TPSA) is 87.3 Å². The van der Waals surface area contributed by atoms with Gasteiger partial charge in [-0.1, -0.05) is 19.1 Å². The first-order valence-corrected chi connectivity index (χ1v) is 8.73. The Balaban J connectivity index is 0.00000441. The van der Waals surface area contributed by atoms with Crippen molar-refractivity contribution < 1.29 is 13.2 Å². The third kappa shape index (κ3) is 7.11. The Morgan fingerprint density at radius 1 is 1.09 bits per heavy atom. The first kappa shape index (κ1) is 20.7. The molecule has 1 aromatic carbocycles. The van der Waals surface area contributed by atoms with Crippen LogP contribution in [0, 0.1) is 0 Å². The minimum Gasteiger partial charge on any atom is -0.351 e. The Kier molecular flexibility index (Phi) is 9.80. The van der Waals surface area contributed by atoms with E-state index in [-0.39, 0.29) is 24.1 Å². The fourth-order valence-corrected chi connectivity index (χ4v) is 2.33. The molecule has 8 heteroatoms. The Morgan fingerprint density at radius 2 is 1.77 bits per heavy atom. The van der Waals surface area contributed by atoms with E-state index in [9.17, 15) is 13.2 Å². The average Bonchev–Trinajstić information content (AvgIpc) is 2.47. The van der Waals surface area contributed by atoms with Crippen molar-refractivity contribution in [1.29, 1.82) is 0 Å². The van der Waals surface area contributed by atoms with Crippen LogP contribution in [0.5, 0.6) is 0 Å². The van der Waals surface area contributed by atoms with E-state index in [2.05, 4.69) is 22.3 Å². The molecule has 0 atom stereocenters. The van der Waals surface area contributed by atoms with Crippen molar-refractivity contribution in [3.63, 3.8) is 0 Å². The van der Waals surface area contributed by atoms with Crippen LogP contribution in [0.3, 0.4) is 0 Å². The quantitative estimate of drug-likeness (QED) is 0.591. The number of halogens is 1. The lowest BCUT2D eigenvalue weighted by Gasteiger charge is -2.12. The number of para-hydroxylation sites is 1. The maximum atomic E-state index is 12.1. The number of nitrogens with one attached hydrogen (secondary N) is 3. The van der Waals surface area contributed by atoms with Gasteiger partial charge < -0.3 is 10.6 Å². The van der Waals surface area contributed by atoms with Crippen LogP contribution in [-0.4, -0.2) is 39.7 Å². The summed E-state index contributed by atoms with van der Waals surface area (Å²) in [5, 5.41) is 5.94. The van der Waals surface area contributed by atoms with Crippen LogP contribution in [0.4, 0.5) is 5.69 Å². The number of sulfonamides is 1. The van der Waals surface area contributed by atoms with Crippen molar-refractivity contribution in [2.45, 2.75) is 20.3 Å². The van der Waals surface area contributed by atoms with Crippen LogP contribution >= 0.6 is 12.4 Å². The molecule has 0 unspecified atom stereocenters. The summed E-state index contributed by atoms with van der Waals surface area (Å²) < 4.78 is 25.7. The van der Waals surface area contributed by atoms with Gasteiger partial charge in [-0.15, -0.1) is 12.4 Å². The van der Waals surface area contributed by atoms with Crippen molar-refractivity contribution in [2.24, 2.45) is 0 Å². The van der Waals surface area contributed by atoms with Gasteiger partial charge in [-0.05, 0) is 32.0 Å². The molecule has 0 fully saturated rings. The number of amides is 1. The van der Waals surface area contributed by atoms with E-state index in [1.54, 1.807) is 31.2 Å². The Bertz CT molecular complexity index is 564. The molecule has 0 aromatic heterocycles. The molecule has 0 aliphatic carbocycles. The maximum absolute atomic E-state index is 12.1. The molecule has 1 aromatic rings. The van der Waals surface area contributed by atoms with Crippen LogP contribution in [-0.2, 0) is 10.0 Å². The van der Waals surface area contributed by atoms with Crippen LogP contribution in [0.15, 0.2) is 24.3 Å². The highest BCUT2D eigenvalue weighted by molar-refractivity contribution is 7.92. The van der Waals surface area contributed by atoms with Crippen LogP contribution in [0.1, 0.15) is 30.6 Å². The molecule has 0 spiro atoms. The van der Waals surface area contributed by atoms with E-state index < -0.39 is 10.0 Å². The predicted octanol–water partition coefficient (Wildman–Crippen LogP) is 1.60. The molecule has 0 bridgehead atoms. The summed E-state index contributed by atoms with van der Waals surface area (Å²) in [5.41, 5.74) is 0.628. The molecule has 126 valence electrons. The van der Waals surface area contributed by atoms with Gasteiger partial charge in [0.05, 0.1) is 17.0 Å². The van der Waals surface area contributed by atoms with E-state index in [0.717, 1.165) is 13.0 Å². The van der Waals surface area contributed by atoms with Gasteiger partial charge in [0.15, 0.2) is 0 Å². The molecular formula is C14H24ClN3O3S. The van der Waals surface area contributed by atoms with E-state index in [0.29, 0.717) is 24.3 Å². The summed E-state index contributed by atoms with van der Waals surface area (Å²) >= 11 is 0. The second kappa shape index (κ2) is 10.4. The van der Waals surface area contributed by atoms with Crippen molar-refractivity contribution in [2.75, 3.05) is 30.1 Å². The minimum absolute atomic E-state index is 0. The number of hydrogen-bond donors (Lipinski definition) is 3. The number of anilines is 1. The lowest BCUT2D eigenvalue weighted by atomic mass is 10.1. The summed E-state index contributed by atoms with van der Waals surface area (Å²) in [6.07, 6.45) is 1.04. The molecule has 0 aliphatic heterocycles. The normalized spacial score (nSPS) is 10.6. The Morgan fingerprint density at radius 3 is 2.41 bits per heavy atom. The summed E-state index contributed by atoms with van der Waals surface area (Å²) in [5.74, 6) is -0.327. The van der Waals surface area contributed by atoms with Crippen LogP contribution in [0.25, 0.3) is 0 Å². The fraction of sp³-hybridized carbons (Fsp3) is 0.500. The van der Waals surface area contributed by atoms with E-state index in [4.69, 9.17) is 0 Å². The van der Waals surface area contributed by atoms with Gasteiger partial charge in [-0.2, -0.15) is 0 Å². The molecule has 0 saturated heterocycles. The van der Waals surface area contributed by atoms with Gasteiger partial charge in [0.1, 0.15) is 0 Å². The first-order chi connectivity index (χ1) is 10.00. The first-order valence-electron chi connectivity index (χ1n) is 7.08. The molecule has 0 radical (unpaired) electrons. The Hall–Kier alpha value is -1.31. The Labute approximate surface area is 138 Å². The lowest BCUT2D eigenvalue weighted by molar-refractivity contribution is 0.0955. The molecule has 1 rings (SSSR count). The summed E-state index contributed by atoms with van der Waals surface area (Å²) in [4.78, 5) is 12.1. The monoisotopic (exact) mass is 349 g/mol. The lowest BCUT2D eigenvalue weighted by Crippen LogP contribution is -2.32. The van der Waals surface area contributed by atoms with Crippen molar-refractivity contribution in [3.8, 4) is 0 Å². The fourth-order valence-electron chi connectivity index (χ4n) is 1.67. The maximum Gasteiger partial charge on any atom is 0.253 e. The number of carbonyl (C=O) groups is 1. The van der Waals surface area contributed by atoms with Gasteiger partial charge in [-0.25, -0.2) is 8.42 Å². The molecule has 6 nitrogen and oxygen atoms in total. The van der Waals surface area contributed by atoms with E-state index in [1.807, 2.05) is 0 Å². The summed E-state index contributed by atoms with van der Waals surface area (Å²) in [6, 6.07) is 6.57. The van der Waals surface area contributed by atoms with E-state index in [1.165, 1.54) is 0 Å². The highest BCUT2D eigenvalue weighted by Gasteiger charge is 2.14. The molecule has 3 N–H and O–H groups in total. The summed E-state index contributed by atoms with van der Waals surface area (Å²) in [6.45, 7) is 5.70. The van der Waals surface area contributed by atoms with Gasteiger partial charge in [-0.3, -0.25) is 9.52 Å². The molecule has 0 saturated carbocycles. The zero-order valence-corrected chi connectivity index (χ0v) is 14.5. The molecular weight excluding hydrogens is 326 g/mol. The third-order valence-corrected chi connectivity index (χ3v) is 4.12. The number of rotatable bonds is 9. The van der Waals surface area contributed by atoms with E-state index >= 15 is 0 Å². The van der Waals surface area contributed by atoms with Crippen LogP contribution < -0.4 is 15.4 Å². The van der Waals surface area contributed by atoms with Gasteiger partial charge >= 0.3 is 0 Å². The average molecular weight is 350 g/mol. The third-order valence-electron chi connectivity index (χ3n) is 2.83. The SMILES string of the molecule is CCCNCCNC(=O)c1ccccc1NS(=O)(=O)CC.Cl. The number of carbonyl (C=O) groups excluding carboxylic acids is 1. The number of hydrogen-bond acceptors (Lipinski definition) is 4. The zero-order chi connectivity index (χ0) is 15.7. The number of benzene rings is 1. The zero-order valence-electron chi connectivity index (χ0n) is 12.9. The van der Waals surface area contributed by atoms with Crippen molar-refractivity contribution in [1.82, 2.24) is 10.6 Å². The van der Waals surface area contributed by atoms with Crippen molar-refractivity contribution in [3.05, 3.63) is 29.8 Å². The molecule has 0 aliphatic rings. The van der Waals surface area contributed by atoms with Crippen molar-refractivity contribution >= 4 is 34.0 Å². The molecule has 0 heterocycles. The van der Waals surface area contributed by atoms with Gasteiger partial charge in [0, 0.05) is 13.1 Å². The second-order valence-corrected chi connectivity index (χ2v) is 6.57. The van der Waals surface area contributed by atoms with Crippen LogP contribution in [0.2, 0.25) is 0 Å². The highest BCUT2D eigenvalue weighted by atomic mass is 35.5.